The number of carbonyl (C=O) groups excluding carboxylic acids is 1. The molecule has 0 aromatic rings. The minimum atomic E-state index is -0.248. The molecule has 0 heterocycles. The number of ketones is 1. The summed E-state index contributed by atoms with van der Waals surface area (Å²) in [7, 11) is 0. The Morgan fingerprint density at radius 2 is 1.69 bits per heavy atom. The van der Waals surface area contributed by atoms with Crippen molar-refractivity contribution in [3.05, 3.63) is 0 Å². The van der Waals surface area contributed by atoms with Gasteiger partial charge in [0.2, 0.25) is 0 Å². The maximum Gasteiger partial charge on any atom is 0.136 e. The largest absolute Gasteiger partial charge is 0.393 e. The minimum absolute atomic E-state index is 0.125. The van der Waals surface area contributed by atoms with Crippen molar-refractivity contribution >= 4 is 5.78 Å². The van der Waals surface area contributed by atoms with Crippen molar-refractivity contribution in [2.75, 3.05) is 0 Å². The summed E-state index contributed by atoms with van der Waals surface area (Å²) in [6.07, 6.45) is 11.3. The minimum Gasteiger partial charge on any atom is -0.393 e. The zero-order valence-corrected chi connectivity index (χ0v) is 20.0. The lowest BCUT2D eigenvalue weighted by Gasteiger charge is -2.60. The Bertz CT molecular complexity index is 633. The van der Waals surface area contributed by atoms with E-state index in [-0.39, 0.29) is 17.4 Å². The van der Waals surface area contributed by atoms with Crippen molar-refractivity contribution in [2.45, 2.75) is 112 Å². The number of aliphatic hydroxyl groups is 1. The van der Waals surface area contributed by atoms with Crippen LogP contribution in [0.1, 0.15) is 106 Å². The number of hydrogen-bond donors (Lipinski definition) is 1. The summed E-state index contributed by atoms with van der Waals surface area (Å²) in [6, 6.07) is 0. The number of aliphatic hydroxyl groups excluding tert-OH is 1. The van der Waals surface area contributed by atoms with E-state index in [1.165, 1.54) is 38.5 Å². The van der Waals surface area contributed by atoms with Gasteiger partial charge in [0.25, 0.3) is 0 Å². The SMILES string of the molecule is C[C@H](CCC(C)(C)C)[C@H]1CC[C@H]2[C@@H]3CC(=O)[C@H]4C[C@H](O)CC[C@]4(C)[C@H]3CC[C@]12C. The number of hydrogen-bond acceptors (Lipinski definition) is 2. The predicted molar refractivity (Wildman–Crippen MR) is 119 cm³/mol. The molecule has 2 nitrogen and oxygen atoms in total. The Hall–Kier alpha value is -0.370. The fraction of sp³-hybridized carbons (Fsp3) is 0.963. The first-order valence-electron chi connectivity index (χ1n) is 12.7. The van der Waals surface area contributed by atoms with Gasteiger partial charge in [-0.2, -0.15) is 0 Å². The average molecular weight is 403 g/mol. The lowest BCUT2D eigenvalue weighted by atomic mass is 9.44. The Balaban J connectivity index is 1.53. The first kappa shape index (κ1) is 21.8. The van der Waals surface area contributed by atoms with Gasteiger partial charge >= 0.3 is 0 Å². The molecule has 0 amide bonds. The average Bonchev–Trinajstić information content (AvgIpc) is 2.98. The van der Waals surface area contributed by atoms with Crippen molar-refractivity contribution in [1.82, 2.24) is 0 Å². The highest BCUT2D eigenvalue weighted by Crippen LogP contribution is 2.67. The van der Waals surface area contributed by atoms with Gasteiger partial charge in [-0.05, 0) is 104 Å². The van der Waals surface area contributed by atoms with Crippen LogP contribution in [0.4, 0.5) is 0 Å². The summed E-state index contributed by atoms with van der Waals surface area (Å²) in [5.41, 5.74) is 1.02. The van der Waals surface area contributed by atoms with E-state index < -0.39 is 0 Å². The van der Waals surface area contributed by atoms with Gasteiger partial charge in [0.1, 0.15) is 5.78 Å². The van der Waals surface area contributed by atoms with Crippen LogP contribution in [0, 0.1) is 51.8 Å². The molecule has 4 saturated carbocycles. The van der Waals surface area contributed by atoms with Gasteiger partial charge in [-0.25, -0.2) is 0 Å². The third-order valence-electron chi connectivity index (χ3n) is 10.5. The van der Waals surface area contributed by atoms with Crippen LogP contribution in [0.25, 0.3) is 0 Å². The molecular formula is C27H46O2. The fourth-order valence-corrected chi connectivity index (χ4v) is 8.86. The Kier molecular flexibility index (Phi) is 5.54. The molecule has 4 fully saturated rings. The van der Waals surface area contributed by atoms with Crippen molar-refractivity contribution in [2.24, 2.45) is 51.8 Å². The summed E-state index contributed by atoms with van der Waals surface area (Å²) in [5, 5.41) is 10.2. The molecule has 4 aliphatic carbocycles. The Labute approximate surface area is 179 Å². The van der Waals surface area contributed by atoms with Crippen LogP contribution >= 0.6 is 0 Å². The standard InChI is InChI=1S/C27H46O2/c1-17(9-12-25(2,3)4)20-7-8-21-19-16-24(29)23-15-18(28)10-13-27(23,6)22(19)11-14-26(20,21)5/h17-23,28H,7-16H2,1-6H3/t17-,18-,19+,20-,21+,22+,23-,26-,27-/m1/s1. The maximum atomic E-state index is 13.2. The van der Waals surface area contributed by atoms with Crippen molar-refractivity contribution in [3.8, 4) is 0 Å². The zero-order valence-electron chi connectivity index (χ0n) is 20.0. The van der Waals surface area contributed by atoms with E-state index in [4.69, 9.17) is 0 Å². The maximum absolute atomic E-state index is 13.2. The van der Waals surface area contributed by atoms with E-state index >= 15 is 0 Å². The first-order valence-corrected chi connectivity index (χ1v) is 12.7. The Morgan fingerprint density at radius 3 is 2.38 bits per heavy atom. The van der Waals surface area contributed by atoms with Crippen LogP contribution in [0.3, 0.4) is 0 Å². The normalized spacial score (nSPS) is 48.6. The fourth-order valence-electron chi connectivity index (χ4n) is 8.86. The quantitative estimate of drug-likeness (QED) is 0.574. The first-order chi connectivity index (χ1) is 13.5. The van der Waals surface area contributed by atoms with Crippen molar-refractivity contribution in [1.29, 1.82) is 0 Å². The molecule has 0 unspecified atom stereocenters. The summed E-state index contributed by atoms with van der Waals surface area (Å²) in [5.74, 6) is 4.31. The van der Waals surface area contributed by atoms with Gasteiger partial charge in [0.05, 0.1) is 6.10 Å². The number of Topliss-reactive ketones (excluding diaryl/α,β-unsaturated/α-hetero) is 1. The zero-order chi connectivity index (χ0) is 21.2. The lowest BCUT2D eigenvalue weighted by molar-refractivity contribution is -0.160. The molecule has 9 atom stereocenters. The van der Waals surface area contributed by atoms with E-state index in [1.54, 1.807) is 0 Å². The molecule has 0 aliphatic heterocycles. The number of rotatable bonds is 3. The Morgan fingerprint density at radius 1 is 1.03 bits per heavy atom. The molecule has 29 heavy (non-hydrogen) atoms. The van der Waals surface area contributed by atoms with E-state index in [0.717, 1.165) is 43.4 Å². The molecule has 0 spiro atoms. The predicted octanol–water partition coefficient (Wildman–Crippen LogP) is 6.65. The van der Waals surface area contributed by atoms with E-state index in [9.17, 15) is 9.90 Å². The smallest absolute Gasteiger partial charge is 0.136 e. The monoisotopic (exact) mass is 402 g/mol. The summed E-state index contributed by atoms with van der Waals surface area (Å²) in [6.45, 7) is 14.6. The third-order valence-corrected chi connectivity index (χ3v) is 10.5. The highest BCUT2D eigenvalue weighted by molar-refractivity contribution is 5.83. The second-order valence-corrected chi connectivity index (χ2v) is 13.3. The van der Waals surface area contributed by atoms with Crippen LogP contribution in [0.15, 0.2) is 0 Å². The molecule has 4 aliphatic rings. The highest BCUT2D eigenvalue weighted by Gasteiger charge is 2.62. The lowest BCUT2D eigenvalue weighted by Crippen LogP contribution is -2.57. The van der Waals surface area contributed by atoms with Crippen LogP contribution < -0.4 is 0 Å². The van der Waals surface area contributed by atoms with Crippen LogP contribution in [-0.2, 0) is 4.79 Å². The second-order valence-electron chi connectivity index (χ2n) is 13.3. The summed E-state index contributed by atoms with van der Waals surface area (Å²) < 4.78 is 0. The molecular weight excluding hydrogens is 356 g/mol. The van der Waals surface area contributed by atoms with Crippen LogP contribution in [0.5, 0.6) is 0 Å². The van der Waals surface area contributed by atoms with Crippen molar-refractivity contribution in [3.63, 3.8) is 0 Å². The molecule has 166 valence electrons. The van der Waals surface area contributed by atoms with Gasteiger partial charge in [-0.3, -0.25) is 4.79 Å². The van der Waals surface area contributed by atoms with E-state index in [2.05, 4.69) is 41.5 Å². The molecule has 0 bridgehead atoms. The van der Waals surface area contributed by atoms with Gasteiger partial charge in [0, 0.05) is 12.3 Å². The molecule has 4 rings (SSSR count). The topological polar surface area (TPSA) is 37.3 Å². The molecule has 0 aromatic carbocycles. The van der Waals surface area contributed by atoms with E-state index in [0.29, 0.717) is 28.4 Å². The van der Waals surface area contributed by atoms with Crippen LogP contribution in [-0.4, -0.2) is 17.0 Å². The van der Waals surface area contributed by atoms with Crippen molar-refractivity contribution < 1.29 is 9.90 Å². The highest BCUT2D eigenvalue weighted by atomic mass is 16.3. The second kappa shape index (κ2) is 7.35. The summed E-state index contributed by atoms with van der Waals surface area (Å²) in [4.78, 5) is 13.2. The third kappa shape index (κ3) is 3.64. The van der Waals surface area contributed by atoms with Gasteiger partial charge in [-0.1, -0.05) is 41.5 Å². The number of carbonyl (C=O) groups is 1. The number of fused-ring (bicyclic) bond motifs is 5. The molecule has 0 aromatic heterocycles. The van der Waals surface area contributed by atoms with E-state index in [1.807, 2.05) is 0 Å². The van der Waals surface area contributed by atoms with Gasteiger partial charge < -0.3 is 5.11 Å². The van der Waals surface area contributed by atoms with Gasteiger partial charge in [-0.15, -0.1) is 0 Å². The molecule has 0 radical (unpaired) electrons. The van der Waals surface area contributed by atoms with Crippen LogP contribution in [0.2, 0.25) is 0 Å². The molecule has 2 heteroatoms. The molecule has 1 N–H and O–H groups in total. The van der Waals surface area contributed by atoms with Gasteiger partial charge in [0.15, 0.2) is 0 Å². The molecule has 0 saturated heterocycles. The summed E-state index contributed by atoms with van der Waals surface area (Å²) >= 11 is 0.